The molecule has 0 atom stereocenters. The number of rotatable bonds is 8. The van der Waals surface area contributed by atoms with E-state index in [-0.39, 0.29) is 23.1 Å². The molecule has 4 fully saturated rings. The predicted molar refractivity (Wildman–Crippen MR) is 219 cm³/mol. The highest BCUT2D eigenvalue weighted by atomic mass is 32.1. The zero-order valence-electron chi connectivity index (χ0n) is 32.3. The molecule has 0 unspecified atom stereocenters. The van der Waals surface area contributed by atoms with Crippen molar-refractivity contribution in [2.75, 3.05) is 58.9 Å². The van der Waals surface area contributed by atoms with Crippen LogP contribution in [0.3, 0.4) is 0 Å². The van der Waals surface area contributed by atoms with E-state index < -0.39 is 34.8 Å². The van der Waals surface area contributed by atoms with Crippen molar-refractivity contribution in [2.24, 2.45) is 5.92 Å². The molecule has 2 aromatic carbocycles. The highest BCUT2D eigenvalue weighted by Crippen LogP contribution is 2.41. The summed E-state index contributed by atoms with van der Waals surface area (Å²) in [6.45, 7) is 8.68. The fraction of sp³-hybridized carbons (Fsp3) is 0.429. The Balaban J connectivity index is 0.832. The minimum atomic E-state index is -4.77. The minimum absolute atomic E-state index is 0.0357. The van der Waals surface area contributed by atoms with E-state index in [9.17, 15) is 32.8 Å². The molecule has 0 radical (unpaired) electrons. The third-order valence-corrected chi connectivity index (χ3v) is 12.6. The van der Waals surface area contributed by atoms with Crippen LogP contribution in [0.15, 0.2) is 67.1 Å². The maximum Gasteiger partial charge on any atom is 0.417 e. The molecule has 2 aromatic heterocycles. The lowest BCUT2D eigenvalue weighted by Crippen LogP contribution is -2.49. The molecule has 8 rings (SSSR count). The zero-order chi connectivity index (χ0) is 40.9. The second-order valence-electron chi connectivity index (χ2n) is 16.0. The number of nitriles is 1. The van der Waals surface area contributed by atoms with Gasteiger partial charge in [0.15, 0.2) is 5.11 Å². The van der Waals surface area contributed by atoms with Crippen molar-refractivity contribution >= 4 is 68.8 Å². The zero-order valence-corrected chi connectivity index (χ0v) is 33.2. The number of hydrogen-bond acceptors (Lipinski definition) is 8. The van der Waals surface area contributed by atoms with Crippen LogP contribution in [0.4, 0.5) is 40.7 Å². The summed E-state index contributed by atoms with van der Waals surface area (Å²) in [4.78, 5) is 51.6. The van der Waals surface area contributed by atoms with Gasteiger partial charge in [-0.05, 0) is 119 Å². The van der Waals surface area contributed by atoms with Gasteiger partial charge in [0, 0.05) is 68.1 Å². The Morgan fingerprint density at radius 2 is 1.60 bits per heavy atom. The summed E-state index contributed by atoms with van der Waals surface area (Å²) in [7, 11) is 0. The molecule has 0 aliphatic carbocycles. The van der Waals surface area contributed by atoms with Gasteiger partial charge in [-0.15, -0.1) is 0 Å². The number of halogens is 3. The number of likely N-dealkylation sites (tertiary alicyclic amines) is 1. The van der Waals surface area contributed by atoms with Gasteiger partial charge in [-0.3, -0.25) is 29.7 Å². The molecule has 4 saturated heterocycles. The number of alkyl halides is 3. The summed E-state index contributed by atoms with van der Waals surface area (Å²) in [6.07, 6.45) is 6.53. The van der Waals surface area contributed by atoms with Crippen LogP contribution >= 0.6 is 12.2 Å². The van der Waals surface area contributed by atoms with Gasteiger partial charge in [0.1, 0.15) is 5.54 Å². The van der Waals surface area contributed by atoms with E-state index in [1.54, 1.807) is 35.9 Å². The van der Waals surface area contributed by atoms with Crippen molar-refractivity contribution in [3.63, 3.8) is 0 Å². The van der Waals surface area contributed by atoms with Crippen molar-refractivity contribution in [2.45, 2.75) is 70.1 Å². The Morgan fingerprint density at radius 1 is 0.914 bits per heavy atom. The van der Waals surface area contributed by atoms with E-state index in [1.165, 1.54) is 6.07 Å². The molecule has 4 aliphatic heterocycles. The molecule has 0 spiro atoms. The Labute approximate surface area is 339 Å². The number of carbonyl (C=O) groups excluding carboxylic acids is 3. The lowest BCUT2D eigenvalue weighted by atomic mass is 9.92. The molecule has 12 nitrogen and oxygen atoms in total. The summed E-state index contributed by atoms with van der Waals surface area (Å²) in [5, 5.41) is 12.7. The number of benzene rings is 2. The normalized spacial score (nSPS) is 20.0. The summed E-state index contributed by atoms with van der Waals surface area (Å²) < 4.78 is 43.5. The average molecular weight is 812 g/mol. The molecule has 58 heavy (non-hydrogen) atoms. The molecule has 4 amide bonds. The monoisotopic (exact) mass is 811 g/mol. The van der Waals surface area contributed by atoms with Crippen LogP contribution < -0.4 is 24.9 Å². The summed E-state index contributed by atoms with van der Waals surface area (Å²) in [5.41, 5.74) is 0.614. The number of hydrogen-bond donors (Lipinski definition) is 1. The number of imide groups is 1. The first-order chi connectivity index (χ1) is 27.7. The summed E-state index contributed by atoms with van der Waals surface area (Å²) in [6, 6.07) is 14.6. The van der Waals surface area contributed by atoms with Gasteiger partial charge in [-0.1, -0.05) is 0 Å². The van der Waals surface area contributed by atoms with Crippen LogP contribution in [0.1, 0.15) is 69.5 Å². The van der Waals surface area contributed by atoms with E-state index in [0.717, 1.165) is 104 Å². The second-order valence-corrected chi connectivity index (χ2v) is 16.4. The standard InChI is InChI=1S/C42H44F3N9O3S/c1-41(2)38(56)53(32-4-3-28(24-46)34(23-32)42(43,44)45)40(58)54(41)31-7-5-29(6-8-31)50-19-10-27(11-20-50)9-16-49-17-12-30(13-18-49)51-21-14-33-35(51)25-47-26-36(33)52-22-15-37(55)48-39(52)57/h3-8,14,21,23,25-27,30H,9-13,15-20,22H2,1-2H3,(H,48,55,57). The number of pyridine rings is 1. The Morgan fingerprint density at radius 3 is 2.28 bits per heavy atom. The first kappa shape index (κ1) is 39.3. The van der Waals surface area contributed by atoms with Crippen molar-refractivity contribution in [1.29, 1.82) is 5.26 Å². The van der Waals surface area contributed by atoms with E-state index in [2.05, 4.69) is 30.9 Å². The van der Waals surface area contributed by atoms with Gasteiger partial charge >= 0.3 is 12.2 Å². The lowest BCUT2D eigenvalue weighted by Gasteiger charge is -2.37. The van der Waals surface area contributed by atoms with Crippen molar-refractivity contribution < 1.29 is 27.6 Å². The van der Waals surface area contributed by atoms with Gasteiger partial charge in [0.2, 0.25) is 5.91 Å². The molecule has 302 valence electrons. The number of fused-ring (bicyclic) bond motifs is 1. The first-order valence-corrected chi connectivity index (χ1v) is 20.1. The van der Waals surface area contributed by atoms with E-state index in [4.69, 9.17) is 12.2 Å². The van der Waals surface area contributed by atoms with Crippen LogP contribution in [0.2, 0.25) is 0 Å². The number of thiocarbonyl (C=S) groups is 1. The topological polar surface area (TPSA) is 121 Å². The number of anilines is 4. The van der Waals surface area contributed by atoms with Crippen LogP contribution in [0, 0.1) is 17.2 Å². The van der Waals surface area contributed by atoms with Crippen molar-refractivity contribution in [3.05, 3.63) is 78.2 Å². The molecule has 0 bridgehead atoms. The van der Waals surface area contributed by atoms with E-state index in [0.29, 0.717) is 24.2 Å². The van der Waals surface area contributed by atoms with Crippen molar-refractivity contribution in [3.8, 4) is 6.07 Å². The van der Waals surface area contributed by atoms with Gasteiger partial charge in [-0.2, -0.15) is 18.4 Å². The number of carbonyl (C=O) groups is 3. The van der Waals surface area contributed by atoms with Crippen molar-refractivity contribution in [1.82, 2.24) is 19.8 Å². The van der Waals surface area contributed by atoms with Gasteiger partial charge in [-0.25, -0.2) is 4.79 Å². The number of aromatic nitrogens is 2. The number of urea groups is 1. The Hall–Kier alpha value is -5.53. The maximum absolute atomic E-state index is 13.8. The Kier molecular flexibility index (Phi) is 10.4. The minimum Gasteiger partial charge on any atom is -0.372 e. The molecular formula is C42H44F3N9O3S. The number of piperidine rings is 2. The molecule has 16 heteroatoms. The van der Waals surface area contributed by atoms with Crippen LogP contribution in [0.5, 0.6) is 0 Å². The smallest absolute Gasteiger partial charge is 0.372 e. The van der Waals surface area contributed by atoms with Gasteiger partial charge in [0.05, 0.1) is 46.5 Å². The number of nitrogens with one attached hydrogen (secondary N) is 1. The third kappa shape index (κ3) is 7.26. The highest BCUT2D eigenvalue weighted by molar-refractivity contribution is 7.81. The molecule has 4 aromatic rings. The largest absolute Gasteiger partial charge is 0.417 e. The third-order valence-electron chi connectivity index (χ3n) is 12.2. The van der Waals surface area contributed by atoms with Crippen LogP contribution in [-0.4, -0.2) is 82.2 Å². The lowest BCUT2D eigenvalue weighted by molar-refractivity contribution is -0.137. The second kappa shape index (κ2) is 15.3. The molecule has 4 aliphatic rings. The molecular weight excluding hydrogens is 768 g/mol. The molecule has 0 saturated carbocycles. The number of nitrogens with zero attached hydrogens (tertiary/aromatic N) is 8. The Bertz CT molecular complexity index is 2310. The van der Waals surface area contributed by atoms with Gasteiger partial charge < -0.3 is 19.3 Å². The van der Waals surface area contributed by atoms with E-state index in [1.807, 2.05) is 36.5 Å². The first-order valence-electron chi connectivity index (χ1n) is 19.7. The van der Waals surface area contributed by atoms with Gasteiger partial charge in [0.25, 0.3) is 5.91 Å². The fourth-order valence-corrected chi connectivity index (χ4v) is 9.45. The SMILES string of the molecule is CC1(C)C(=O)N(c2ccc(C#N)c(C(F)(F)F)c2)C(=S)N1c1ccc(N2CCC(CCN3CCC(n4ccc5c(N6CCC(=O)NC6=O)cncc54)CC3)CC2)cc1. The van der Waals surface area contributed by atoms with Crippen LogP contribution in [-0.2, 0) is 15.8 Å². The quantitative estimate of drug-likeness (QED) is 0.184. The molecule has 1 N–H and O–H groups in total. The maximum atomic E-state index is 13.8. The van der Waals surface area contributed by atoms with Crippen LogP contribution in [0.25, 0.3) is 10.9 Å². The number of amides is 4. The predicted octanol–water partition coefficient (Wildman–Crippen LogP) is 7.23. The highest BCUT2D eigenvalue weighted by Gasteiger charge is 2.51. The van der Waals surface area contributed by atoms with E-state index >= 15 is 0 Å². The fourth-order valence-electron chi connectivity index (χ4n) is 8.93. The average Bonchev–Trinajstić information content (AvgIpc) is 3.72. The summed E-state index contributed by atoms with van der Waals surface area (Å²) in [5.74, 6) is -0.0854. The molecule has 6 heterocycles. The summed E-state index contributed by atoms with van der Waals surface area (Å²) >= 11 is 5.71.